The predicted molar refractivity (Wildman–Crippen MR) is 105 cm³/mol. The van der Waals surface area contributed by atoms with E-state index in [4.69, 9.17) is 16.6 Å². The largest absolute Gasteiger partial charge is 0.354 e. The van der Waals surface area contributed by atoms with Gasteiger partial charge in [0.05, 0.1) is 17.7 Å². The highest BCUT2D eigenvalue weighted by molar-refractivity contribution is 6.19. The van der Waals surface area contributed by atoms with Crippen LogP contribution in [-0.2, 0) is 17.8 Å². The van der Waals surface area contributed by atoms with Crippen LogP contribution in [-0.4, -0.2) is 70.8 Å². The van der Waals surface area contributed by atoms with Gasteiger partial charge in [-0.3, -0.25) is 4.79 Å². The maximum atomic E-state index is 12.9. The summed E-state index contributed by atoms with van der Waals surface area (Å²) in [6, 6.07) is 0. The van der Waals surface area contributed by atoms with E-state index in [1.54, 1.807) is 0 Å². The Morgan fingerprint density at radius 1 is 1.15 bits per heavy atom. The van der Waals surface area contributed by atoms with Crippen LogP contribution >= 0.6 is 11.6 Å². The summed E-state index contributed by atoms with van der Waals surface area (Å²) in [5.74, 6) is 2.27. The van der Waals surface area contributed by atoms with Crippen molar-refractivity contribution in [3.63, 3.8) is 0 Å². The zero-order chi connectivity index (χ0) is 18.9. The Hall–Kier alpha value is -1.40. The number of aromatic nitrogens is 2. The van der Waals surface area contributed by atoms with Crippen molar-refractivity contribution in [3.05, 3.63) is 17.1 Å². The number of halogens is 1. The quantitative estimate of drug-likeness (QED) is 0.750. The molecule has 3 rings (SSSR count). The second-order valence-electron chi connectivity index (χ2n) is 7.94. The van der Waals surface area contributed by atoms with Crippen LogP contribution in [0.1, 0.15) is 37.9 Å². The van der Waals surface area contributed by atoms with E-state index in [0.29, 0.717) is 19.0 Å². The average molecular weight is 380 g/mol. The molecule has 0 aliphatic carbocycles. The van der Waals surface area contributed by atoms with E-state index < -0.39 is 5.41 Å². The lowest BCUT2D eigenvalue weighted by Gasteiger charge is -2.39. The highest BCUT2D eigenvalue weighted by Crippen LogP contribution is 2.30. The van der Waals surface area contributed by atoms with Crippen LogP contribution in [0, 0.1) is 12.3 Å². The van der Waals surface area contributed by atoms with Gasteiger partial charge in [-0.2, -0.15) is 0 Å². The van der Waals surface area contributed by atoms with Gasteiger partial charge in [-0.25, -0.2) is 9.97 Å². The third-order valence-corrected chi connectivity index (χ3v) is 6.14. The molecule has 0 radical (unpaired) electrons. The van der Waals surface area contributed by atoms with Gasteiger partial charge in [0.15, 0.2) is 0 Å². The van der Waals surface area contributed by atoms with E-state index >= 15 is 0 Å². The summed E-state index contributed by atoms with van der Waals surface area (Å²) in [4.78, 5) is 29.1. The van der Waals surface area contributed by atoms with Crippen LogP contribution in [0.2, 0.25) is 0 Å². The van der Waals surface area contributed by atoms with E-state index in [9.17, 15) is 4.79 Å². The Kier molecular flexibility index (Phi) is 5.72. The fourth-order valence-electron chi connectivity index (χ4n) is 3.71. The second kappa shape index (κ2) is 7.69. The van der Waals surface area contributed by atoms with Crippen LogP contribution in [0.4, 0.5) is 5.82 Å². The van der Waals surface area contributed by atoms with Crippen LogP contribution in [0.5, 0.6) is 0 Å². The molecule has 0 saturated carbocycles. The normalized spacial score (nSPS) is 18.8. The summed E-state index contributed by atoms with van der Waals surface area (Å²) in [6.07, 6.45) is 0.782. The van der Waals surface area contributed by atoms with E-state index in [2.05, 4.69) is 21.7 Å². The summed E-state index contributed by atoms with van der Waals surface area (Å²) in [6.45, 7) is 14.4. The molecule has 0 spiro atoms. The Morgan fingerprint density at radius 3 is 2.46 bits per heavy atom. The molecule has 1 saturated heterocycles. The molecule has 0 bridgehead atoms. The Morgan fingerprint density at radius 2 is 1.85 bits per heavy atom. The topological polar surface area (TPSA) is 52.6 Å². The number of fused-ring (bicyclic) bond motifs is 1. The summed E-state index contributed by atoms with van der Waals surface area (Å²) < 4.78 is 0. The second-order valence-corrected chi connectivity index (χ2v) is 8.20. The molecule has 144 valence electrons. The van der Waals surface area contributed by atoms with E-state index in [1.807, 2.05) is 25.7 Å². The highest BCUT2D eigenvalue weighted by Gasteiger charge is 2.35. The molecule has 7 heteroatoms. The number of alkyl halides is 1. The number of hydrogen-bond acceptors (Lipinski definition) is 5. The Balaban J connectivity index is 1.86. The van der Waals surface area contributed by atoms with Crippen LogP contribution in [0.25, 0.3) is 0 Å². The van der Waals surface area contributed by atoms with Gasteiger partial charge in [0.2, 0.25) is 5.91 Å². The van der Waals surface area contributed by atoms with Gasteiger partial charge in [-0.1, -0.05) is 6.92 Å². The van der Waals surface area contributed by atoms with Crippen LogP contribution < -0.4 is 4.90 Å². The molecule has 1 aromatic rings. The van der Waals surface area contributed by atoms with Gasteiger partial charge in [-0.05, 0) is 27.3 Å². The van der Waals surface area contributed by atoms with Crippen molar-refractivity contribution in [2.45, 2.75) is 40.7 Å². The predicted octanol–water partition coefficient (Wildman–Crippen LogP) is 2.08. The number of amides is 1. The molecule has 0 aromatic carbocycles. The van der Waals surface area contributed by atoms with Crippen molar-refractivity contribution < 1.29 is 4.79 Å². The van der Waals surface area contributed by atoms with Gasteiger partial charge < -0.3 is 14.7 Å². The third kappa shape index (κ3) is 3.81. The molecule has 0 atom stereocenters. The number of hydrogen-bond donors (Lipinski definition) is 0. The van der Waals surface area contributed by atoms with Gasteiger partial charge in [0.1, 0.15) is 11.6 Å². The monoisotopic (exact) mass is 379 g/mol. The molecule has 2 aliphatic rings. The molecule has 1 amide bonds. The molecule has 6 nitrogen and oxygen atoms in total. The number of carbonyl (C=O) groups excluding carboxylic acids is 1. The van der Waals surface area contributed by atoms with Gasteiger partial charge in [0.25, 0.3) is 0 Å². The van der Waals surface area contributed by atoms with Crippen molar-refractivity contribution in [3.8, 4) is 0 Å². The minimum atomic E-state index is -0.544. The fraction of sp³-hybridized carbons (Fsp3) is 0.737. The van der Waals surface area contributed by atoms with E-state index in [-0.39, 0.29) is 5.91 Å². The van der Waals surface area contributed by atoms with Crippen molar-refractivity contribution in [1.29, 1.82) is 0 Å². The zero-order valence-corrected chi connectivity index (χ0v) is 17.1. The first-order valence-corrected chi connectivity index (χ1v) is 10.1. The third-order valence-electron chi connectivity index (χ3n) is 5.47. The van der Waals surface area contributed by atoms with Crippen molar-refractivity contribution in [1.82, 2.24) is 19.8 Å². The van der Waals surface area contributed by atoms with Crippen LogP contribution in [0.15, 0.2) is 0 Å². The first kappa shape index (κ1) is 19.4. The molecule has 26 heavy (non-hydrogen) atoms. The SMILES string of the molecule is CCN1CCN(c2nc(C)nc3c2CN(C(=O)C(C)(C)CCl)CC3)CC1. The molecular formula is C19H30ClN5O. The molecule has 0 N–H and O–H groups in total. The molecule has 0 unspecified atom stereocenters. The molecule has 1 aromatic heterocycles. The van der Waals surface area contributed by atoms with Crippen molar-refractivity contribution in [2.24, 2.45) is 5.41 Å². The molecule has 3 heterocycles. The number of nitrogens with zero attached hydrogens (tertiary/aromatic N) is 5. The lowest BCUT2D eigenvalue weighted by atomic mass is 9.92. The van der Waals surface area contributed by atoms with Gasteiger partial charge >= 0.3 is 0 Å². The van der Waals surface area contributed by atoms with E-state index in [1.165, 1.54) is 0 Å². The van der Waals surface area contributed by atoms with E-state index in [0.717, 1.165) is 62.0 Å². The van der Waals surface area contributed by atoms with Gasteiger partial charge in [-0.15, -0.1) is 11.6 Å². The maximum absolute atomic E-state index is 12.9. The minimum absolute atomic E-state index is 0.112. The number of carbonyl (C=O) groups is 1. The summed E-state index contributed by atoms with van der Waals surface area (Å²) in [5.41, 5.74) is 1.67. The number of rotatable bonds is 4. The maximum Gasteiger partial charge on any atom is 0.229 e. The number of aryl methyl sites for hydroxylation is 1. The zero-order valence-electron chi connectivity index (χ0n) is 16.4. The van der Waals surface area contributed by atoms with Crippen molar-refractivity contribution in [2.75, 3.05) is 50.0 Å². The lowest BCUT2D eigenvalue weighted by molar-refractivity contribution is -0.140. The number of piperazine rings is 1. The smallest absolute Gasteiger partial charge is 0.229 e. The molecular weight excluding hydrogens is 350 g/mol. The van der Waals surface area contributed by atoms with Gasteiger partial charge in [0, 0.05) is 50.6 Å². The lowest BCUT2D eigenvalue weighted by Crippen LogP contribution is -2.48. The summed E-state index contributed by atoms with van der Waals surface area (Å²) in [5, 5.41) is 0. The summed E-state index contributed by atoms with van der Waals surface area (Å²) in [7, 11) is 0. The first-order chi connectivity index (χ1) is 12.4. The fourth-order valence-corrected chi connectivity index (χ4v) is 3.83. The molecule has 2 aliphatic heterocycles. The van der Waals surface area contributed by atoms with Crippen LogP contribution in [0.3, 0.4) is 0 Å². The number of likely N-dealkylation sites (N-methyl/N-ethyl adjacent to an activating group) is 1. The average Bonchev–Trinajstić information content (AvgIpc) is 2.66. The minimum Gasteiger partial charge on any atom is -0.354 e. The summed E-state index contributed by atoms with van der Waals surface area (Å²) >= 11 is 6.02. The molecule has 1 fully saturated rings. The van der Waals surface area contributed by atoms with Crippen molar-refractivity contribution >= 4 is 23.3 Å². The number of anilines is 1. The highest BCUT2D eigenvalue weighted by atomic mass is 35.5. The first-order valence-electron chi connectivity index (χ1n) is 9.54. The standard InChI is InChI=1S/C19H30ClN5O/c1-5-23-8-10-24(11-9-23)17-15-12-25(18(26)19(3,4)13-20)7-6-16(15)21-14(2)22-17/h5-13H2,1-4H3. The Bertz CT molecular complexity index is 670. The Labute approximate surface area is 161 Å².